The van der Waals surface area contributed by atoms with Gasteiger partial charge in [0.05, 0.1) is 33.5 Å². The zero-order valence-electron chi connectivity index (χ0n) is 18.6. The van der Waals surface area contributed by atoms with Gasteiger partial charge in [-0.3, -0.25) is 9.97 Å². The fraction of sp³-hybridized carbons (Fsp3) is 0.115. The molecule has 0 radical (unpaired) electrons. The van der Waals surface area contributed by atoms with E-state index in [1.54, 1.807) is 29.3 Å². The van der Waals surface area contributed by atoms with E-state index in [1.807, 2.05) is 62.4 Å². The molecular formula is C26H20BrN7. The Morgan fingerprint density at radius 2 is 1.74 bits per heavy atom. The summed E-state index contributed by atoms with van der Waals surface area (Å²) in [5.74, 6) is 0.452. The van der Waals surface area contributed by atoms with Crippen LogP contribution in [0.5, 0.6) is 0 Å². The molecule has 0 spiro atoms. The number of pyridine rings is 2. The van der Waals surface area contributed by atoms with Gasteiger partial charge in [-0.2, -0.15) is 14.9 Å². The van der Waals surface area contributed by atoms with Gasteiger partial charge in [-0.1, -0.05) is 30.3 Å². The predicted molar refractivity (Wildman–Crippen MR) is 136 cm³/mol. The maximum atomic E-state index is 9.43. The highest BCUT2D eigenvalue weighted by Crippen LogP contribution is 2.35. The first-order valence-electron chi connectivity index (χ1n) is 10.6. The van der Waals surface area contributed by atoms with Crippen molar-refractivity contribution in [1.82, 2.24) is 24.6 Å². The van der Waals surface area contributed by atoms with E-state index in [0.29, 0.717) is 21.6 Å². The van der Waals surface area contributed by atoms with Crippen LogP contribution in [0.15, 0.2) is 77.8 Å². The first-order chi connectivity index (χ1) is 16.4. The second kappa shape index (κ2) is 8.36. The lowest BCUT2D eigenvalue weighted by Gasteiger charge is -2.16. The Bertz CT molecular complexity index is 1530. The Morgan fingerprint density at radius 1 is 0.971 bits per heavy atom. The van der Waals surface area contributed by atoms with Crippen LogP contribution in [-0.4, -0.2) is 24.6 Å². The first-order valence-corrected chi connectivity index (χ1v) is 11.4. The Balaban J connectivity index is 1.58. The van der Waals surface area contributed by atoms with E-state index in [9.17, 15) is 5.26 Å². The molecule has 0 atom stereocenters. The first kappa shape index (κ1) is 21.7. The minimum Gasteiger partial charge on any atom is -0.383 e. The van der Waals surface area contributed by atoms with E-state index < -0.39 is 5.41 Å². The van der Waals surface area contributed by atoms with Gasteiger partial charge in [-0.15, -0.1) is 0 Å². The van der Waals surface area contributed by atoms with Gasteiger partial charge < -0.3 is 5.73 Å². The molecular weight excluding hydrogens is 490 g/mol. The van der Waals surface area contributed by atoms with E-state index in [-0.39, 0.29) is 0 Å². The fourth-order valence-corrected chi connectivity index (χ4v) is 4.22. The van der Waals surface area contributed by atoms with Crippen LogP contribution < -0.4 is 5.73 Å². The minimum absolute atomic E-state index is 0.452. The van der Waals surface area contributed by atoms with Crippen molar-refractivity contribution in [2.45, 2.75) is 19.3 Å². The third-order valence-corrected chi connectivity index (χ3v) is 6.60. The van der Waals surface area contributed by atoms with Crippen molar-refractivity contribution in [3.8, 4) is 39.7 Å². The van der Waals surface area contributed by atoms with E-state index in [0.717, 1.165) is 33.5 Å². The van der Waals surface area contributed by atoms with Crippen LogP contribution in [0, 0.1) is 11.3 Å². The van der Waals surface area contributed by atoms with Crippen molar-refractivity contribution in [1.29, 1.82) is 5.26 Å². The number of anilines is 1. The SMILES string of the molecule is CC(C)(C#N)c1ccc(-c2nc3c(-c4ccc(-c5cccnc5)nc4)cnn3c(N)c2Br)cc1. The number of nitriles is 1. The van der Waals surface area contributed by atoms with Crippen LogP contribution in [0.2, 0.25) is 0 Å². The average molecular weight is 510 g/mol. The molecule has 4 aromatic heterocycles. The molecule has 0 bridgehead atoms. The van der Waals surface area contributed by atoms with E-state index in [2.05, 4.69) is 37.1 Å². The highest BCUT2D eigenvalue weighted by atomic mass is 79.9. The van der Waals surface area contributed by atoms with Crippen LogP contribution in [0.4, 0.5) is 5.82 Å². The quantitative estimate of drug-likeness (QED) is 0.334. The summed E-state index contributed by atoms with van der Waals surface area (Å²) < 4.78 is 2.28. The Labute approximate surface area is 205 Å². The summed E-state index contributed by atoms with van der Waals surface area (Å²) in [7, 11) is 0. The highest BCUT2D eigenvalue weighted by molar-refractivity contribution is 9.10. The van der Waals surface area contributed by atoms with Crippen LogP contribution in [-0.2, 0) is 5.41 Å². The highest BCUT2D eigenvalue weighted by Gasteiger charge is 2.21. The number of hydrogen-bond donors (Lipinski definition) is 1. The number of benzene rings is 1. The summed E-state index contributed by atoms with van der Waals surface area (Å²) >= 11 is 3.59. The summed E-state index contributed by atoms with van der Waals surface area (Å²) in [5, 5.41) is 13.9. The molecule has 0 saturated carbocycles. The smallest absolute Gasteiger partial charge is 0.165 e. The zero-order valence-corrected chi connectivity index (χ0v) is 20.2. The molecule has 2 N–H and O–H groups in total. The van der Waals surface area contributed by atoms with Gasteiger partial charge in [0.15, 0.2) is 5.65 Å². The van der Waals surface area contributed by atoms with Crippen molar-refractivity contribution in [2.75, 3.05) is 5.73 Å². The van der Waals surface area contributed by atoms with Crippen LogP contribution in [0.3, 0.4) is 0 Å². The molecule has 34 heavy (non-hydrogen) atoms. The van der Waals surface area contributed by atoms with Crippen LogP contribution in [0.1, 0.15) is 19.4 Å². The number of hydrogen-bond acceptors (Lipinski definition) is 6. The fourth-order valence-electron chi connectivity index (χ4n) is 3.74. The number of nitrogens with two attached hydrogens (primary N) is 1. The lowest BCUT2D eigenvalue weighted by Crippen LogP contribution is -2.13. The number of halogens is 1. The van der Waals surface area contributed by atoms with Gasteiger partial charge in [-0.25, -0.2) is 4.98 Å². The number of aromatic nitrogens is 5. The Hall–Kier alpha value is -4.09. The van der Waals surface area contributed by atoms with Crippen LogP contribution >= 0.6 is 15.9 Å². The van der Waals surface area contributed by atoms with E-state index >= 15 is 0 Å². The monoisotopic (exact) mass is 509 g/mol. The van der Waals surface area contributed by atoms with Crippen LogP contribution in [0.25, 0.3) is 39.3 Å². The molecule has 5 rings (SSSR count). The normalized spacial score (nSPS) is 11.5. The summed E-state index contributed by atoms with van der Waals surface area (Å²) in [6.07, 6.45) is 7.07. The molecule has 1 aromatic carbocycles. The molecule has 0 aliphatic heterocycles. The second-order valence-electron chi connectivity index (χ2n) is 8.44. The minimum atomic E-state index is -0.570. The van der Waals surface area contributed by atoms with Crippen molar-refractivity contribution in [3.63, 3.8) is 0 Å². The molecule has 0 fully saturated rings. The zero-order chi connectivity index (χ0) is 23.9. The van der Waals surface area contributed by atoms with Gasteiger partial charge in [-0.05, 0) is 53.5 Å². The summed E-state index contributed by atoms with van der Waals surface area (Å²) in [6, 6.07) is 17.9. The lowest BCUT2D eigenvalue weighted by atomic mass is 9.86. The number of nitrogen functional groups attached to an aromatic ring is 1. The van der Waals surface area contributed by atoms with Crippen molar-refractivity contribution >= 4 is 27.4 Å². The average Bonchev–Trinajstić information content (AvgIpc) is 3.31. The summed E-state index contributed by atoms with van der Waals surface area (Å²) in [4.78, 5) is 13.7. The van der Waals surface area contributed by atoms with Gasteiger partial charge in [0.2, 0.25) is 0 Å². The molecule has 0 amide bonds. The molecule has 0 unspecified atom stereocenters. The van der Waals surface area contributed by atoms with Crippen molar-refractivity contribution in [2.24, 2.45) is 0 Å². The topological polar surface area (TPSA) is 106 Å². The van der Waals surface area contributed by atoms with E-state index in [4.69, 9.17) is 10.7 Å². The predicted octanol–water partition coefficient (Wildman–Crippen LogP) is 5.67. The van der Waals surface area contributed by atoms with E-state index in [1.165, 1.54) is 0 Å². The molecule has 4 heterocycles. The van der Waals surface area contributed by atoms with Gasteiger partial charge in [0.1, 0.15) is 5.82 Å². The number of fused-ring (bicyclic) bond motifs is 1. The Morgan fingerprint density at radius 3 is 2.38 bits per heavy atom. The molecule has 8 heteroatoms. The number of rotatable bonds is 4. The lowest BCUT2D eigenvalue weighted by molar-refractivity contribution is 0.687. The molecule has 166 valence electrons. The third-order valence-electron chi connectivity index (χ3n) is 5.81. The molecule has 0 aliphatic carbocycles. The van der Waals surface area contributed by atoms with Gasteiger partial charge >= 0.3 is 0 Å². The molecule has 0 aliphatic rings. The largest absolute Gasteiger partial charge is 0.383 e. The second-order valence-corrected chi connectivity index (χ2v) is 9.23. The molecule has 0 saturated heterocycles. The van der Waals surface area contributed by atoms with Crippen molar-refractivity contribution in [3.05, 3.63) is 83.4 Å². The van der Waals surface area contributed by atoms with Gasteiger partial charge in [0.25, 0.3) is 0 Å². The van der Waals surface area contributed by atoms with Gasteiger partial charge in [0, 0.05) is 40.8 Å². The maximum absolute atomic E-state index is 9.43. The molecule has 7 nitrogen and oxygen atoms in total. The summed E-state index contributed by atoms with van der Waals surface area (Å²) in [6.45, 7) is 3.79. The maximum Gasteiger partial charge on any atom is 0.165 e. The molecule has 5 aromatic rings. The number of nitrogens with zero attached hydrogens (tertiary/aromatic N) is 6. The standard InChI is InChI=1S/C26H20BrN7/c1-26(2,15-28)19-8-5-16(6-9-19)23-22(27)24(29)34-25(33-23)20(14-32-34)17-7-10-21(31-13-17)18-4-3-11-30-12-18/h3-14H,29H2,1-2H3. The third kappa shape index (κ3) is 3.70. The van der Waals surface area contributed by atoms with Crippen molar-refractivity contribution < 1.29 is 0 Å². The summed E-state index contributed by atoms with van der Waals surface area (Å²) in [5.41, 5.74) is 12.5. The Kier molecular flexibility index (Phi) is 5.34.